The summed E-state index contributed by atoms with van der Waals surface area (Å²) < 4.78 is 33.1. The molecule has 8 nitrogen and oxygen atoms in total. The standard InChI is InChI=1S/C22H20ClN3O5S/c1-31-20-12-9-16(23)13-19(20)26(32(29,30)18-5-3-2-4-6-18)14-21(27)25-17-10-7-15(8-11-17)22(24)28/h2-13H,14H2,1H3,(H2,24,28)(H,25,27). The van der Waals surface area contributed by atoms with E-state index < -0.39 is 28.4 Å². The second-order valence-corrected chi connectivity index (χ2v) is 8.93. The van der Waals surface area contributed by atoms with Crippen molar-refractivity contribution < 1.29 is 22.7 Å². The van der Waals surface area contributed by atoms with E-state index in [9.17, 15) is 18.0 Å². The number of nitrogens with two attached hydrogens (primary N) is 1. The highest BCUT2D eigenvalue weighted by Gasteiger charge is 2.29. The summed E-state index contributed by atoms with van der Waals surface area (Å²) >= 11 is 6.11. The van der Waals surface area contributed by atoms with Crippen molar-refractivity contribution in [3.63, 3.8) is 0 Å². The minimum absolute atomic E-state index is 0.000592. The van der Waals surface area contributed by atoms with Crippen molar-refractivity contribution in [2.24, 2.45) is 5.73 Å². The number of hydrogen-bond acceptors (Lipinski definition) is 5. The average Bonchev–Trinajstić information content (AvgIpc) is 2.78. The van der Waals surface area contributed by atoms with Gasteiger partial charge in [0, 0.05) is 16.3 Å². The summed E-state index contributed by atoms with van der Waals surface area (Å²) in [5, 5.41) is 2.89. The van der Waals surface area contributed by atoms with Crippen LogP contribution in [0.5, 0.6) is 5.75 Å². The zero-order valence-electron chi connectivity index (χ0n) is 17.0. The topological polar surface area (TPSA) is 119 Å². The van der Waals surface area contributed by atoms with Gasteiger partial charge in [0.1, 0.15) is 12.3 Å². The van der Waals surface area contributed by atoms with E-state index in [0.717, 1.165) is 4.31 Å². The molecule has 3 N–H and O–H groups in total. The Balaban J connectivity index is 1.97. The quantitative estimate of drug-likeness (QED) is 0.520. The summed E-state index contributed by atoms with van der Waals surface area (Å²) in [4.78, 5) is 24.0. The number of halogens is 1. The first kappa shape index (κ1) is 23.1. The molecule has 0 spiro atoms. The van der Waals surface area contributed by atoms with E-state index in [-0.39, 0.29) is 26.9 Å². The lowest BCUT2D eigenvalue weighted by Crippen LogP contribution is -2.38. The van der Waals surface area contributed by atoms with Crippen LogP contribution in [-0.4, -0.2) is 33.9 Å². The van der Waals surface area contributed by atoms with Crippen LogP contribution in [0, 0.1) is 0 Å². The number of rotatable bonds is 8. The van der Waals surface area contributed by atoms with Gasteiger partial charge in [0.25, 0.3) is 10.0 Å². The van der Waals surface area contributed by atoms with E-state index in [4.69, 9.17) is 22.1 Å². The normalized spacial score (nSPS) is 10.9. The highest BCUT2D eigenvalue weighted by atomic mass is 35.5. The highest BCUT2D eigenvalue weighted by Crippen LogP contribution is 2.34. The molecular weight excluding hydrogens is 454 g/mol. The molecule has 0 atom stereocenters. The van der Waals surface area contributed by atoms with Crippen molar-refractivity contribution in [3.05, 3.63) is 83.4 Å². The maximum atomic E-state index is 13.4. The molecule has 0 aliphatic heterocycles. The molecule has 0 heterocycles. The van der Waals surface area contributed by atoms with E-state index in [1.807, 2.05) is 0 Å². The monoisotopic (exact) mass is 473 g/mol. The Bertz CT molecular complexity index is 1230. The smallest absolute Gasteiger partial charge is 0.264 e. The van der Waals surface area contributed by atoms with Crippen molar-refractivity contribution in [2.45, 2.75) is 4.90 Å². The van der Waals surface area contributed by atoms with Crippen LogP contribution < -0.4 is 20.1 Å². The summed E-state index contributed by atoms with van der Waals surface area (Å²) in [6.07, 6.45) is 0. The third-order valence-electron chi connectivity index (χ3n) is 4.48. The molecule has 10 heteroatoms. The zero-order chi connectivity index (χ0) is 23.3. The molecule has 0 aliphatic carbocycles. The molecule has 32 heavy (non-hydrogen) atoms. The number of nitrogens with one attached hydrogen (secondary N) is 1. The minimum atomic E-state index is -4.14. The average molecular weight is 474 g/mol. The van der Waals surface area contributed by atoms with Crippen LogP contribution >= 0.6 is 11.6 Å². The molecule has 2 amide bonds. The molecule has 0 aliphatic rings. The predicted octanol–water partition coefficient (Wildman–Crippen LogP) is 3.28. The third kappa shape index (κ3) is 5.19. The van der Waals surface area contributed by atoms with Crippen LogP contribution in [0.15, 0.2) is 77.7 Å². The second-order valence-electron chi connectivity index (χ2n) is 6.63. The molecule has 3 rings (SSSR count). The fraction of sp³-hybridized carbons (Fsp3) is 0.0909. The van der Waals surface area contributed by atoms with Crippen molar-refractivity contribution in [2.75, 3.05) is 23.3 Å². The summed E-state index contributed by atoms with van der Waals surface area (Å²) in [5.41, 5.74) is 5.98. The van der Waals surface area contributed by atoms with E-state index in [2.05, 4.69) is 5.32 Å². The van der Waals surface area contributed by atoms with Gasteiger partial charge in [-0.15, -0.1) is 0 Å². The summed E-state index contributed by atoms with van der Waals surface area (Å²) in [5.74, 6) is -0.984. The number of methoxy groups -OCH3 is 1. The minimum Gasteiger partial charge on any atom is -0.495 e. The molecule has 0 bridgehead atoms. The Morgan fingerprint density at radius 3 is 2.28 bits per heavy atom. The van der Waals surface area contributed by atoms with Gasteiger partial charge in [-0.1, -0.05) is 29.8 Å². The number of carbonyl (C=O) groups excluding carboxylic acids is 2. The lowest BCUT2D eigenvalue weighted by molar-refractivity contribution is -0.114. The molecule has 0 unspecified atom stereocenters. The summed E-state index contributed by atoms with van der Waals surface area (Å²) in [6.45, 7) is -0.550. The Labute approximate surface area is 190 Å². The van der Waals surface area contributed by atoms with Gasteiger partial charge in [0.15, 0.2) is 0 Å². The Hall–Kier alpha value is -3.56. The van der Waals surface area contributed by atoms with Gasteiger partial charge >= 0.3 is 0 Å². The SMILES string of the molecule is COc1ccc(Cl)cc1N(CC(=O)Nc1ccc(C(N)=O)cc1)S(=O)(=O)c1ccccc1. The van der Waals surface area contributed by atoms with Gasteiger partial charge in [-0.25, -0.2) is 8.42 Å². The van der Waals surface area contributed by atoms with E-state index in [1.54, 1.807) is 24.3 Å². The van der Waals surface area contributed by atoms with E-state index in [1.165, 1.54) is 55.6 Å². The molecule has 0 saturated heterocycles. The number of carbonyl (C=O) groups is 2. The van der Waals surface area contributed by atoms with Gasteiger partial charge in [-0.05, 0) is 54.6 Å². The molecule has 0 radical (unpaired) electrons. The van der Waals surface area contributed by atoms with Gasteiger partial charge in [0.2, 0.25) is 11.8 Å². The van der Waals surface area contributed by atoms with E-state index in [0.29, 0.717) is 5.69 Å². The number of primary amides is 1. The molecule has 0 aromatic heterocycles. The largest absolute Gasteiger partial charge is 0.495 e. The maximum Gasteiger partial charge on any atom is 0.264 e. The van der Waals surface area contributed by atoms with Crippen LogP contribution in [0.2, 0.25) is 5.02 Å². The lowest BCUT2D eigenvalue weighted by atomic mass is 10.2. The van der Waals surface area contributed by atoms with Crippen molar-refractivity contribution in [1.29, 1.82) is 0 Å². The van der Waals surface area contributed by atoms with Crippen LogP contribution in [-0.2, 0) is 14.8 Å². The fourth-order valence-electron chi connectivity index (χ4n) is 2.93. The van der Waals surface area contributed by atoms with Gasteiger partial charge in [0.05, 0.1) is 17.7 Å². The molecular formula is C22H20ClN3O5S. The number of hydrogen-bond donors (Lipinski definition) is 2. The summed E-state index contributed by atoms with van der Waals surface area (Å²) in [6, 6.07) is 18.1. The summed E-state index contributed by atoms with van der Waals surface area (Å²) in [7, 11) is -2.75. The van der Waals surface area contributed by atoms with Crippen LogP contribution in [0.25, 0.3) is 0 Å². The molecule has 0 fully saturated rings. The maximum absolute atomic E-state index is 13.4. The van der Waals surface area contributed by atoms with Crippen molar-refractivity contribution in [1.82, 2.24) is 0 Å². The number of nitrogens with zero attached hydrogens (tertiary/aromatic N) is 1. The fourth-order valence-corrected chi connectivity index (χ4v) is 4.54. The predicted molar refractivity (Wildman–Crippen MR) is 123 cm³/mol. The third-order valence-corrected chi connectivity index (χ3v) is 6.49. The van der Waals surface area contributed by atoms with E-state index >= 15 is 0 Å². The van der Waals surface area contributed by atoms with Crippen LogP contribution in [0.3, 0.4) is 0 Å². The Morgan fingerprint density at radius 1 is 1.03 bits per heavy atom. The molecule has 3 aromatic carbocycles. The Kier molecular flexibility index (Phi) is 7.01. The first-order valence-electron chi connectivity index (χ1n) is 9.33. The molecule has 3 aromatic rings. The molecule has 166 valence electrons. The van der Waals surface area contributed by atoms with Crippen LogP contribution in [0.1, 0.15) is 10.4 Å². The number of benzene rings is 3. The van der Waals surface area contributed by atoms with Crippen LogP contribution in [0.4, 0.5) is 11.4 Å². The van der Waals surface area contributed by atoms with Gasteiger partial charge < -0.3 is 15.8 Å². The second kappa shape index (κ2) is 9.71. The zero-order valence-corrected chi connectivity index (χ0v) is 18.6. The van der Waals surface area contributed by atoms with Crippen molar-refractivity contribution in [3.8, 4) is 5.75 Å². The number of ether oxygens (including phenoxy) is 1. The van der Waals surface area contributed by atoms with Gasteiger partial charge in [-0.2, -0.15) is 0 Å². The number of amides is 2. The van der Waals surface area contributed by atoms with Crippen molar-refractivity contribution >= 4 is 44.8 Å². The first-order chi connectivity index (χ1) is 15.2. The first-order valence-corrected chi connectivity index (χ1v) is 11.1. The Morgan fingerprint density at radius 2 is 1.69 bits per heavy atom. The van der Waals surface area contributed by atoms with Gasteiger partial charge in [-0.3, -0.25) is 13.9 Å². The number of anilines is 2. The highest BCUT2D eigenvalue weighted by molar-refractivity contribution is 7.92. The molecule has 0 saturated carbocycles. The number of sulfonamides is 1. The lowest BCUT2D eigenvalue weighted by Gasteiger charge is -2.26.